The number of carbonyl (C=O) groups is 1. The summed E-state index contributed by atoms with van der Waals surface area (Å²) in [6, 6.07) is 21.6. The highest BCUT2D eigenvalue weighted by Gasteiger charge is 2.20. The Morgan fingerprint density at radius 1 is 1.08 bits per heavy atom. The van der Waals surface area contributed by atoms with Gasteiger partial charge in [0.25, 0.3) is 0 Å². The molecular formula is C22H16N2O2. The van der Waals surface area contributed by atoms with E-state index in [-0.39, 0.29) is 5.69 Å². The zero-order valence-corrected chi connectivity index (χ0v) is 14.2. The van der Waals surface area contributed by atoms with Crippen molar-refractivity contribution in [3.63, 3.8) is 0 Å². The van der Waals surface area contributed by atoms with Crippen LogP contribution in [0.2, 0.25) is 0 Å². The van der Waals surface area contributed by atoms with Gasteiger partial charge in [-0.3, -0.25) is 0 Å². The fourth-order valence-electron chi connectivity index (χ4n) is 3.63. The van der Waals surface area contributed by atoms with E-state index in [0.29, 0.717) is 12.1 Å². The molecule has 126 valence electrons. The Bertz CT molecular complexity index is 1210. The summed E-state index contributed by atoms with van der Waals surface area (Å²) in [5.41, 5.74) is 3.32. The molecule has 0 saturated heterocycles. The fraction of sp³-hybridized carbons (Fsp3) is 0.0909. The van der Waals surface area contributed by atoms with Crippen LogP contribution < -0.4 is 0 Å². The minimum Gasteiger partial charge on any atom is -0.477 e. The number of aryl methyl sites for hydroxylation is 1. The molecule has 1 N–H and O–H groups in total. The number of carboxylic acids is 1. The van der Waals surface area contributed by atoms with Crippen LogP contribution in [0.15, 0.2) is 60.7 Å². The normalized spacial score (nSPS) is 10.9. The Hall–Kier alpha value is -3.58. The van der Waals surface area contributed by atoms with Crippen molar-refractivity contribution in [1.82, 2.24) is 4.57 Å². The molecule has 0 unspecified atom stereocenters. The summed E-state index contributed by atoms with van der Waals surface area (Å²) in [7, 11) is 0. The molecule has 4 aromatic rings. The molecular weight excluding hydrogens is 324 g/mol. The van der Waals surface area contributed by atoms with E-state index in [9.17, 15) is 15.2 Å². The quantitative estimate of drug-likeness (QED) is 0.587. The molecule has 0 spiro atoms. The van der Waals surface area contributed by atoms with Gasteiger partial charge in [-0.1, -0.05) is 48.5 Å². The Kier molecular flexibility index (Phi) is 3.70. The van der Waals surface area contributed by atoms with Crippen LogP contribution in [-0.2, 0) is 6.54 Å². The molecule has 26 heavy (non-hydrogen) atoms. The number of carboxylic acid groups (broad SMARTS) is 1. The number of hydrogen-bond acceptors (Lipinski definition) is 2. The molecule has 1 heterocycles. The van der Waals surface area contributed by atoms with Crippen LogP contribution in [0.5, 0.6) is 0 Å². The first-order valence-corrected chi connectivity index (χ1v) is 8.33. The maximum Gasteiger partial charge on any atom is 0.352 e. The number of nitriles is 1. The largest absolute Gasteiger partial charge is 0.477 e. The van der Waals surface area contributed by atoms with Gasteiger partial charge < -0.3 is 9.67 Å². The van der Waals surface area contributed by atoms with Gasteiger partial charge in [0.1, 0.15) is 5.69 Å². The Balaban J connectivity index is 1.99. The fourth-order valence-corrected chi connectivity index (χ4v) is 3.63. The van der Waals surface area contributed by atoms with E-state index in [1.807, 2.05) is 55.5 Å². The summed E-state index contributed by atoms with van der Waals surface area (Å²) in [6.45, 7) is 2.25. The van der Waals surface area contributed by atoms with Crippen molar-refractivity contribution in [2.24, 2.45) is 0 Å². The van der Waals surface area contributed by atoms with Crippen molar-refractivity contribution in [1.29, 1.82) is 5.26 Å². The molecule has 4 nitrogen and oxygen atoms in total. The summed E-state index contributed by atoms with van der Waals surface area (Å²) in [5.74, 6) is -0.961. The molecule has 3 aromatic carbocycles. The molecule has 4 rings (SSSR count). The first-order valence-electron chi connectivity index (χ1n) is 8.33. The minimum absolute atomic E-state index is 0.267. The van der Waals surface area contributed by atoms with Crippen LogP contribution in [0.3, 0.4) is 0 Å². The van der Waals surface area contributed by atoms with Gasteiger partial charge in [0.15, 0.2) is 0 Å². The summed E-state index contributed by atoms with van der Waals surface area (Å²) < 4.78 is 1.80. The lowest BCUT2D eigenvalue weighted by Crippen LogP contribution is -2.11. The van der Waals surface area contributed by atoms with Gasteiger partial charge in [0.05, 0.1) is 17.1 Å². The Morgan fingerprint density at radius 2 is 1.85 bits per heavy atom. The lowest BCUT2D eigenvalue weighted by Gasteiger charge is -2.12. The third-order valence-corrected chi connectivity index (χ3v) is 4.86. The number of benzene rings is 3. The molecule has 0 aliphatic heterocycles. The highest BCUT2D eigenvalue weighted by molar-refractivity contribution is 5.98. The molecule has 0 bridgehead atoms. The average Bonchev–Trinajstić information content (AvgIpc) is 2.93. The smallest absolute Gasteiger partial charge is 0.352 e. The second-order valence-electron chi connectivity index (χ2n) is 6.35. The van der Waals surface area contributed by atoms with Gasteiger partial charge in [-0.05, 0) is 41.0 Å². The summed E-state index contributed by atoms with van der Waals surface area (Å²) in [5, 5.41) is 22.1. The van der Waals surface area contributed by atoms with E-state index in [0.717, 1.165) is 32.8 Å². The molecule has 4 heteroatoms. The SMILES string of the molecule is Cc1c(C(=O)O)n(Cc2cccc3ccccc23)c2cc(C#N)ccc12. The summed E-state index contributed by atoms with van der Waals surface area (Å²) >= 11 is 0. The maximum atomic E-state index is 11.9. The van der Waals surface area contributed by atoms with Gasteiger partial charge in [-0.25, -0.2) is 4.79 Å². The predicted octanol–water partition coefficient (Wildman–Crippen LogP) is 4.72. The van der Waals surface area contributed by atoms with E-state index in [2.05, 4.69) is 6.07 Å². The second-order valence-corrected chi connectivity index (χ2v) is 6.35. The Morgan fingerprint density at radius 3 is 2.62 bits per heavy atom. The van der Waals surface area contributed by atoms with Crippen molar-refractivity contribution < 1.29 is 9.90 Å². The number of aromatic nitrogens is 1. The highest BCUT2D eigenvalue weighted by Crippen LogP contribution is 2.29. The number of aromatic carboxylic acids is 1. The molecule has 0 amide bonds. The van der Waals surface area contributed by atoms with Gasteiger partial charge >= 0.3 is 5.97 Å². The molecule has 1 aromatic heterocycles. The number of hydrogen-bond donors (Lipinski definition) is 1. The van der Waals surface area contributed by atoms with Crippen molar-refractivity contribution >= 4 is 27.6 Å². The van der Waals surface area contributed by atoms with Crippen LogP contribution in [0, 0.1) is 18.3 Å². The van der Waals surface area contributed by atoms with Crippen LogP contribution in [0.25, 0.3) is 21.7 Å². The van der Waals surface area contributed by atoms with Crippen molar-refractivity contribution in [3.05, 3.63) is 83.0 Å². The van der Waals surface area contributed by atoms with E-state index < -0.39 is 5.97 Å². The predicted molar refractivity (Wildman–Crippen MR) is 101 cm³/mol. The van der Waals surface area contributed by atoms with Gasteiger partial charge in [-0.15, -0.1) is 0 Å². The average molecular weight is 340 g/mol. The molecule has 0 radical (unpaired) electrons. The third-order valence-electron chi connectivity index (χ3n) is 4.86. The van der Waals surface area contributed by atoms with Crippen LogP contribution in [-0.4, -0.2) is 15.6 Å². The van der Waals surface area contributed by atoms with Crippen LogP contribution >= 0.6 is 0 Å². The number of fused-ring (bicyclic) bond motifs is 2. The zero-order chi connectivity index (χ0) is 18.3. The molecule has 0 fully saturated rings. The molecule has 0 saturated carbocycles. The topological polar surface area (TPSA) is 66.0 Å². The zero-order valence-electron chi connectivity index (χ0n) is 14.2. The first kappa shape index (κ1) is 15.9. The lowest BCUT2D eigenvalue weighted by atomic mass is 10.0. The minimum atomic E-state index is -0.961. The lowest BCUT2D eigenvalue weighted by molar-refractivity contribution is 0.0685. The molecule has 0 aliphatic rings. The van der Waals surface area contributed by atoms with Crippen LogP contribution in [0.4, 0.5) is 0 Å². The monoisotopic (exact) mass is 340 g/mol. The van der Waals surface area contributed by atoms with Gasteiger partial charge in [0.2, 0.25) is 0 Å². The van der Waals surface area contributed by atoms with E-state index in [1.54, 1.807) is 16.7 Å². The van der Waals surface area contributed by atoms with Gasteiger partial charge in [0, 0.05) is 11.9 Å². The van der Waals surface area contributed by atoms with Crippen molar-refractivity contribution in [2.75, 3.05) is 0 Å². The molecule has 0 aliphatic carbocycles. The summed E-state index contributed by atoms with van der Waals surface area (Å²) in [6.07, 6.45) is 0. The van der Waals surface area contributed by atoms with Crippen molar-refractivity contribution in [2.45, 2.75) is 13.5 Å². The van der Waals surface area contributed by atoms with Gasteiger partial charge in [-0.2, -0.15) is 5.26 Å². The first-order chi connectivity index (χ1) is 12.6. The number of nitrogens with zero attached hydrogens (tertiary/aromatic N) is 2. The summed E-state index contributed by atoms with van der Waals surface area (Å²) in [4.78, 5) is 11.9. The van der Waals surface area contributed by atoms with E-state index in [1.165, 1.54) is 0 Å². The van der Waals surface area contributed by atoms with Crippen LogP contribution in [0.1, 0.15) is 27.2 Å². The standard InChI is InChI=1S/C22H16N2O2/c1-14-18-10-9-15(12-23)11-20(18)24(21(14)22(25)26)13-17-7-4-6-16-5-2-3-8-19(16)17/h2-11H,13H2,1H3,(H,25,26). The third kappa shape index (κ3) is 2.42. The van der Waals surface area contributed by atoms with E-state index >= 15 is 0 Å². The van der Waals surface area contributed by atoms with E-state index in [4.69, 9.17) is 0 Å². The second kappa shape index (κ2) is 6.05. The van der Waals surface area contributed by atoms with Crippen molar-refractivity contribution in [3.8, 4) is 6.07 Å². The maximum absolute atomic E-state index is 11.9. The Labute approximate surface area is 150 Å². The molecule has 0 atom stereocenters. The number of rotatable bonds is 3. The highest BCUT2D eigenvalue weighted by atomic mass is 16.4.